The zero-order valence-corrected chi connectivity index (χ0v) is 13.2. The number of methoxy groups -OCH3 is 1. The van der Waals surface area contributed by atoms with Gasteiger partial charge >= 0.3 is 0 Å². The van der Waals surface area contributed by atoms with Gasteiger partial charge in [-0.15, -0.1) is 0 Å². The number of hydrogen-bond donors (Lipinski definition) is 2. The molecular weight excluding hydrogens is 320 g/mol. The van der Waals surface area contributed by atoms with Crippen LogP contribution in [-0.2, 0) is 0 Å². The number of halogens is 1. The Morgan fingerprint density at radius 1 is 1.15 bits per heavy atom. The van der Waals surface area contributed by atoms with Gasteiger partial charge in [-0.1, -0.05) is 0 Å². The molecule has 0 spiro atoms. The number of ether oxygens (including phenoxy) is 1. The van der Waals surface area contributed by atoms with Crippen LogP contribution in [0.15, 0.2) is 35.1 Å². The Morgan fingerprint density at radius 3 is 2.55 bits per heavy atom. The molecule has 6 heteroatoms. The molecule has 106 valence electrons. The van der Waals surface area contributed by atoms with Crippen LogP contribution in [-0.4, -0.2) is 23.1 Å². The summed E-state index contributed by atoms with van der Waals surface area (Å²) in [7, 11) is 1.64. The van der Waals surface area contributed by atoms with E-state index in [-0.39, 0.29) is 0 Å². The fourth-order valence-electron chi connectivity index (χ4n) is 1.69. The van der Waals surface area contributed by atoms with Crippen molar-refractivity contribution >= 4 is 33.3 Å². The van der Waals surface area contributed by atoms with E-state index < -0.39 is 0 Å². The predicted octanol–water partition coefficient (Wildman–Crippen LogP) is 3.81. The molecule has 0 radical (unpaired) electrons. The Kier molecular flexibility index (Phi) is 4.79. The molecule has 1 aromatic heterocycles. The zero-order valence-electron chi connectivity index (χ0n) is 11.6. The molecule has 2 N–H and O–H groups in total. The molecule has 2 rings (SSSR count). The fourth-order valence-corrected chi connectivity index (χ4v) is 2.23. The van der Waals surface area contributed by atoms with Crippen molar-refractivity contribution in [2.45, 2.75) is 19.9 Å². The summed E-state index contributed by atoms with van der Waals surface area (Å²) in [5.41, 5.74) is 0.923. The first kappa shape index (κ1) is 14.6. The number of rotatable bonds is 5. The molecule has 0 aliphatic heterocycles. The number of nitrogens with one attached hydrogen (secondary N) is 2. The van der Waals surface area contributed by atoms with Crippen LogP contribution in [0.25, 0.3) is 0 Å². The molecule has 0 aliphatic carbocycles. The minimum absolute atomic E-state index is 0.327. The molecule has 0 saturated heterocycles. The van der Waals surface area contributed by atoms with E-state index in [1.165, 1.54) is 6.33 Å². The highest BCUT2D eigenvalue weighted by Crippen LogP contribution is 2.29. The van der Waals surface area contributed by atoms with Crippen LogP contribution in [0.4, 0.5) is 17.3 Å². The van der Waals surface area contributed by atoms with E-state index in [1.807, 2.05) is 24.3 Å². The Hall–Kier alpha value is -1.82. The number of nitrogens with zero attached hydrogens (tertiary/aromatic N) is 2. The smallest absolute Gasteiger partial charge is 0.135 e. The molecule has 0 fully saturated rings. The lowest BCUT2D eigenvalue weighted by Gasteiger charge is -2.11. The number of aromatic nitrogens is 2. The SMILES string of the molecule is COc1ccc(Nc2cc(NC(C)C)ncn2)cc1Br. The molecule has 20 heavy (non-hydrogen) atoms. The summed E-state index contributed by atoms with van der Waals surface area (Å²) in [5.74, 6) is 2.32. The molecule has 0 unspecified atom stereocenters. The van der Waals surface area contributed by atoms with Crippen molar-refractivity contribution in [2.75, 3.05) is 17.7 Å². The minimum Gasteiger partial charge on any atom is -0.496 e. The highest BCUT2D eigenvalue weighted by atomic mass is 79.9. The lowest BCUT2D eigenvalue weighted by molar-refractivity contribution is 0.412. The van der Waals surface area contributed by atoms with Crippen LogP contribution >= 0.6 is 15.9 Å². The van der Waals surface area contributed by atoms with Gasteiger partial charge in [-0.2, -0.15) is 0 Å². The Morgan fingerprint density at radius 2 is 1.90 bits per heavy atom. The lowest BCUT2D eigenvalue weighted by atomic mass is 10.3. The van der Waals surface area contributed by atoms with Gasteiger partial charge in [0.1, 0.15) is 23.7 Å². The summed E-state index contributed by atoms with van der Waals surface area (Å²) in [6, 6.07) is 7.96. The Bertz CT molecular complexity index is 589. The van der Waals surface area contributed by atoms with Crippen LogP contribution < -0.4 is 15.4 Å². The Balaban J connectivity index is 2.15. The maximum atomic E-state index is 5.20. The average molecular weight is 337 g/mol. The molecule has 0 saturated carbocycles. The Labute approximate surface area is 126 Å². The summed E-state index contributed by atoms with van der Waals surface area (Å²) >= 11 is 3.46. The predicted molar refractivity (Wildman–Crippen MR) is 84.8 cm³/mol. The van der Waals surface area contributed by atoms with Crippen LogP contribution in [0.5, 0.6) is 5.75 Å². The van der Waals surface area contributed by atoms with Crippen molar-refractivity contribution in [3.8, 4) is 5.75 Å². The summed E-state index contributed by atoms with van der Waals surface area (Å²) in [4.78, 5) is 8.38. The summed E-state index contributed by atoms with van der Waals surface area (Å²) in [5, 5.41) is 6.47. The minimum atomic E-state index is 0.327. The van der Waals surface area contributed by atoms with Gasteiger partial charge in [0.25, 0.3) is 0 Å². The van der Waals surface area contributed by atoms with Crippen molar-refractivity contribution in [3.63, 3.8) is 0 Å². The molecular formula is C14H17BrN4O. The zero-order chi connectivity index (χ0) is 14.5. The highest BCUT2D eigenvalue weighted by molar-refractivity contribution is 9.10. The van der Waals surface area contributed by atoms with Gasteiger partial charge in [0.2, 0.25) is 0 Å². The summed E-state index contributed by atoms with van der Waals surface area (Å²) in [6.07, 6.45) is 1.53. The van der Waals surface area contributed by atoms with Crippen molar-refractivity contribution in [2.24, 2.45) is 0 Å². The molecule has 0 bridgehead atoms. The van der Waals surface area contributed by atoms with E-state index in [1.54, 1.807) is 7.11 Å². The number of benzene rings is 1. The fraction of sp³-hybridized carbons (Fsp3) is 0.286. The maximum Gasteiger partial charge on any atom is 0.135 e. The van der Waals surface area contributed by atoms with Crippen molar-refractivity contribution < 1.29 is 4.74 Å². The first-order valence-corrected chi connectivity index (χ1v) is 7.07. The standard InChI is InChI=1S/C14H17BrN4O/c1-9(2)18-13-7-14(17-8-16-13)19-10-4-5-12(20-3)11(15)6-10/h4-9H,1-3H3,(H2,16,17,18,19). The second-order valence-electron chi connectivity index (χ2n) is 4.56. The first-order chi connectivity index (χ1) is 9.58. The molecule has 0 atom stereocenters. The summed E-state index contributed by atoms with van der Waals surface area (Å²) in [6.45, 7) is 4.13. The van der Waals surface area contributed by atoms with E-state index >= 15 is 0 Å². The normalized spacial score (nSPS) is 10.4. The second-order valence-corrected chi connectivity index (χ2v) is 5.42. The van der Waals surface area contributed by atoms with Crippen molar-refractivity contribution in [1.29, 1.82) is 0 Å². The number of hydrogen-bond acceptors (Lipinski definition) is 5. The van der Waals surface area contributed by atoms with E-state index in [4.69, 9.17) is 4.74 Å². The van der Waals surface area contributed by atoms with Gasteiger partial charge in [0.05, 0.1) is 11.6 Å². The van der Waals surface area contributed by atoms with Gasteiger partial charge < -0.3 is 15.4 Å². The van der Waals surface area contributed by atoms with Crippen LogP contribution in [0.1, 0.15) is 13.8 Å². The van der Waals surface area contributed by atoms with Gasteiger partial charge in [-0.05, 0) is 48.0 Å². The molecule has 0 amide bonds. The second kappa shape index (κ2) is 6.56. The quantitative estimate of drug-likeness (QED) is 0.869. The van der Waals surface area contributed by atoms with Gasteiger partial charge in [-0.25, -0.2) is 9.97 Å². The van der Waals surface area contributed by atoms with E-state index in [9.17, 15) is 0 Å². The third kappa shape index (κ3) is 3.84. The summed E-state index contributed by atoms with van der Waals surface area (Å²) < 4.78 is 6.09. The maximum absolute atomic E-state index is 5.20. The molecule has 0 aliphatic rings. The number of anilines is 3. The molecule has 2 aromatic rings. The van der Waals surface area contributed by atoms with Gasteiger partial charge in [-0.3, -0.25) is 0 Å². The van der Waals surface area contributed by atoms with Crippen molar-refractivity contribution in [1.82, 2.24) is 9.97 Å². The topological polar surface area (TPSA) is 59.1 Å². The van der Waals surface area contributed by atoms with Gasteiger partial charge in [0, 0.05) is 17.8 Å². The molecule has 5 nitrogen and oxygen atoms in total. The largest absolute Gasteiger partial charge is 0.496 e. The molecule has 1 aromatic carbocycles. The first-order valence-electron chi connectivity index (χ1n) is 6.27. The average Bonchev–Trinajstić information content (AvgIpc) is 2.38. The van der Waals surface area contributed by atoms with Crippen LogP contribution in [0, 0.1) is 0 Å². The van der Waals surface area contributed by atoms with Crippen LogP contribution in [0.2, 0.25) is 0 Å². The monoisotopic (exact) mass is 336 g/mol. The van der Waals surface area contributed by atoms with Crippen LogP contribution in [0.3, 0.4) is 0 Å². The van der Waals surface area contributed by atoms with E-state index in [2.05, 4.69) is 50.4 Å². The van der Waals surface area contributed by atoms with Crippen molar-refractivity contribution in [3.05, 3.63) is 35.1 Å². The third-order valence-corrected chi connectivity index (χ3v) is 3.15. The molecule has 1 heterocycles. The van der Waals surface area contributed by atoms with E-state index in [0.29, 0.717) is 6.04 Å². The van der Waals surface area contributed by atoms with E-state index in [0.717, 1.165) is 27.5 Å². The lowest BCUT2D eigenvalue weighted by Crippen LogP contribution is -2.11. The third-order valence-electron chi connectivity index (χ3n) is 2.53. The van der Waals surface area contributed by atoms with Gasteiger partial charge in [0.15, 0.2) is 0 Å². The highest BCUT2D eigenvalue weighted by Gasteiger charge is 2.04.